The van der Waals surface area contributed by atoms with Crippen LogP contribution in [0.25, 0.3) is 0 Å². The van der Waals surface area contributed by atoms with Crippen LogP contribution < -0.4 is 0 Å². The summed E-state index contributed by atoms with van der Waals surface area (Å²) in [5.74, 6) is 0.105. The van der Waals surface area contributed by atoms with Crippen molar-refractivity contribution in [2.45, 2.75) is 19.6 Å². The standard InChI is InChI=1S/C17H27N3O2/c1-14(21)12-19-8-10-20(11-9-19)17(22)16-6-4-15(5-7-16)13-18(2)3/h4-7,14,21H,8-13H2,1-3H3/t14-/m0/s1. The van der Waals surface area contributed by atoms with Crippen molar-refractivity contribution in [3.8, 4) is 0 Å². The number of aliphatic hydroxyl groups is 1. The summed E-state index contributed by atoms with van der Waals surface area (Å²) in [6.07, 6.45) is -0.313. The summed E-state index contributed by atoms with van der Waals surface area (Å²) >= 11 is 0. The molecule has 5 nitrogen and oxygen atoms in total. The number of nitrogens with zero attached hydrogens (tertiary/aromatic N) is 3. The van der Waals surface area contributed by atoms with Crippen molar-refractivity contribution >= 4 is 5.91 Å². The van der Waals surface area contributed by atoms with Gasteiger partial charge in [-0.1, -0.05) is 12.1 Å². The Morgan fingerprint density at radius 1 is 1.18 bits per heavy atom. The Kier molecular flexibility index (Phi) is 5.94. The number of aliphatic hydroxyl groups excluding tert-OH is 1. The monoisotopic (exact) mass is 305 g/mol. The predicted molar refractivity (Wildman–Crippen MR) is 87.9 cm³/mol. The van der Waals surface area contributed by atoms with Crippen LogP contribution in [-0.4, -0.2) is 78.6 Å². The summed E-state index contributed by atoms with van der Waals surface area (Å²) in [4.78, 5) is 18.7. The highest BCUT2D eigenvalue weighted by Gasteiger charge is 2.22. The van der Waals surface area contributed by atoms with E-state index in [1.165, 1.54) is 5.56 Å². The lowest BCUT2D eigenvalue weighted by Crippen LogP contribution is -2.50. The van der Waals surface area contributed by atoms with Crippen molar-refractivity contribution < 1.29 is 9.90 Å². The number of amides is 1. The van der Waals surface area contributed by atoms with Crippen LogP contribution >= 0.6 is 0 Å². The van der Waals surface area contributed by atoms with E-state index in [2.05, 4.69) is 9.80 Å². The number of carbonyl (C=O) groups excluding carboxylic acids is 1. The molecule has 1 amide bonds. The molecule has 1 atom stereocenters. The summed E-state index contributed by atoms with van der Waals surface area (Å²) in [5, 5.41) is 9.42. The molecular formula is C17H27N3O2. The van der Waals surface area contributed by atoms with E-state index in [0.29, 0.717) is 6.54 Å². The van der Waals surface area contributed by atoms with Gasteiger partial charge < -0.3 is 14.9 Å². The summed E-state index contributed by atoms with van der Waals surface area (Å²) in [5.41, 5.74) is 1.97. The zero-order chi connectivity index (χ0) is 16.1. The van der Waals surface area contributed by atoms with Crippen LogP contribution in [0.5, 0.6) is 0 Å². The van der Waals surface area contributed by atoms with E-state index in [1.54, 1.807) is 6.92 Å². The number of hydrogen-bond donors (Lipinski definition) is 1. The van der Waals surface area contributed by atoms with Crippen LogP contribution in [0, 0.1) is 0 Å². The highest BCUT2D eigenvalue weighted by atomic mass is 16.3. The maximum Gasteiger partial charge on any atom is 0.253 e. The number of β-amino-alcohol motifs (C(OH)–C–C–N with tert-alkyl or cyclic N) is 1. The fraction of sp³-hybridized carbons (Fsp3) is 0.588. The third-order valence-electron chi connectivity index (χ3n) is 3.88. The average molecular weight is 305 g/mol. The summed E-state index contributed by atoms with van der Waals surface area (Å²) in [6, 6.07) is 7.89. The molecule has 0 aromatic heterocycles. The minimum absolute atomic E-state index is 0.105. The van der Waals surface area contributed by atoms with Crippen LogP contribution in [0.3, 0.4) is 0 Å². The summed E-state index contributed by atoms with van der Waals surface area (Å²) in [7, 11) is 4.07. The zero-order valence-electron chi connectivity index (χ0n) is 13.8. The Balaban J connectivity index is 1.89. The van der Waals surface area contributed by atoms with Crippen LogP contribution in [-0.2, 0) is 6.54 Å². The second-order valence-corrected chi connectivity index (χ2v) is 6.38. The molecule has 1 heterocycles. The third kappa shape index (κ3) is 4.80. The molecule has 0 aliphatic carbocycles. The molecule has 5 heteroatoms. The smallest absolute Gasteiger partial charge is 0.253 e. The van der Waals surface area contributed by atoms with Gasteiger partial charge >= 0.3 is 0 Å². The van der Waals surface area contributed by atoms with Gasteiger partial charge in [-0.15, -0.1) is 0 Å². The molecule has 1 N–H and O–H groups in total. The van der Waals surface area contributed by atoms with Crippen molar-refractivity contribution in [2.24, 2.45) is 0 Å². The summed E-state index contributed by atoms with van der Waals surface area (Å²) < 4.78 is 0. The fourth-order valence-electron chi connectivity index (χ4n) is 2.81. The van der Waals surface area contributed by atoms with E-state index in [1.807, 2.05) is 43.3 Å². The number of carbonyl (C=O) groups is 1. The molecule has 1 saturated heterocycles. The van der Waals surface area contributed by atoms with E-state index >= 15 is 0 Å². The van der Waals surface area contributed by atoms with Gasteiger partial charge in [-0.25, -0.2) is 0 Å². The normalized spacial score (nSPS) is 17.8. The average Bonchev–Trinajstić information content (AvgIpc) is 2.47. The van der Waals surface area contributed by atoms with Crippen molar-refractivity contribution in [3.63, 3.8) is 0 Å². The molecular weight excluding hydrogens is 278 g/mol. The number of hydrogen-bond acceptors (Lipinski definition) is 4. The van der Waals surface area contributed by atoms with Gasteiger partial charge in [0.2, 0.25) is 0 Å². The molecule has 1 aliphatic rings. The maximum atomic E-state index is 12.5. The molecule has 0 bridgehead atoms. The minimum atomic E-state index is -0.313. The largest absolute Gasteiger partial charge is 0.392 e. The molecule has 1 aliphatic heterocycles. The lowest BCUT2D eigenvalue weighted by molar-refractivity contribution is 0.0554. The minimum Gasteiger partial charge on any atom is -0.392 e. The molecule has 0 saturated carbocycles. The van der Waals surface area contributed by atoms with Gasteiger partial charge in [0.25, 0.3) is 5.91 Å². The van der Waals surface area contributed by atoms with Crippen LogP contribution in [0.2, 0.25) is 0 Å². The highest BCUT2D eigenvalue weighted by molar-refractivity contribution is 5.94. The Bertz CT molecular complexity index is 477. The highest BCUT2D eigenvalue weighted by Crippen LogP contribution is 2.11. The Labute approximate surface area is 133 Å². The van der Waals surface area contributed by atoms with E-state index < -0.39 is 0 Å². The molecule has 0 radical (unpaired) electrons. The van der Waals surface area contributed by atoms with Gasteiger partial charge in [-0.05, 0) is 38.7 Å². The lowest BCUT2D eigenvalue weighted by Gasteiger charge is -2.35. The second-order valence-electron chi connectivity index (χ2n) is 6.38. The van der Waals surface area contributed by atoms with Crippen molar-refractivity contribution in [1.82, 2.24) is 14.7 Å². The topological polar surface area (TPSA) is 47.0 Å². The first kappa shape index (κ1) is 16.9. The number of rotatable bonds is 5. The Hall–Kier alpha value is -1.43. The molecule has 22 heavy (non-hydrogen) atoms. The van der Waals surface area contributed by atoms with Gasteiger partial charge in [0.15, 0.2) is 0 Å². The molecule has 122 valence electrons. The number of piperazine rings is 1. The van der Waals surface area contributed by atoms with Crippen molar-refractivity contribution in [3.05, 3.63) is 35.4 Å². The first-order valence-electron chi connectivity index (χ1n) is 7.89. The predicted octanol–water partition coefficient (Wildman–Crippen LogP) is 0.887. The maximum absolute atomic E-state index is 12.5. The summed E-state index contributed by atoms with van der Waals surface area (Å²) in [6.45, 7) is 6.47. The van der Waals surface area contributed by atoms with Gasteiger partial charge in [0.1, 0.15) is 0 Å². The van der Waals surface area contributed by atoms with E-state index in [4.69, 9.17) is 0 Å². The molecule has 2 rings (SSSR count). The zero-order valence-corrected chi connectivity index (χ0v) is 13.8. The van der Waals surface area contributed by atoms with Crippen molar-refractivity contribution in [1.29, 1.82) is 0 Å². The van der Waals surface area contributed by atoms with Crippen molar-refractivity contribution in [2.75, 3.05) is 46.8 Å². The molecule has 1 fully saturated rings. The lowest BCUT2D eigenvalue weighted by atomic mass is 10.1. The fourth-order valence-corrected chi connectivity index (χ4v) is 2.81. The van der Waals surface area contributed by atoms with E-state index in [-0.39, 0.29) is 12.0 Å². The van der Waals surface area contributed by atoms with Gasteiger partial charge in [0, 0.05) is 44.8 Å². The SMILES string of the molecule is C[C@H](O)CN1CCN(C(=O)c2ccc(CN(C)C)cc2)CC1. The molecule has 0 unspecified atom stereocenters. The third-order valence-corrected chi connectivity index (χ3v) is 3.88. The molecule has 1 aromatic rings. The first-order chi connectivity index (χ1) is 10.5. The number of benzene rings is 1. The van der Waals surface area contributed by atoms with Crippen LogP contribution in [0.1, 0.15) is 22.8 Å². The molecule has 1 aromatic carbocycles. The molecule has 0 spiro atoms. The Morgan fingerprint density at radius 2 is 1.77 bits per heavy atom. The van der Waals surface area contributed by atoms with Gasteiger partial charge in [0.05, 0.1) is 6.10 Å². The second kappa shape index (κ2) is 7.72. The van der Waals surface area contributed by atoms with E-state index in [0.717, 1.165) is 38.3 Å². The van der Waals surface area contributed by atoms with Crippen LogP contribution in [0.15, 0.2) is 24.3 Å². The quantitative estimate of drug-likeness (QED) is 0.877. The first-order valence-corrected chi connectivity index (χ1v) is 7.89. The van der Waals surface area contributed by atoms with Gasteiger partial charge in [-0.2, -0.15) is 0 Å². The van der Waals surface area contributed by atoms with E-state index in [9.17, 15) is 9.90 Å². The van der Waals surface area contributed by atoms with Crippen LogP contribution in [0.4, 0.5) is 0 Å². The van der Waals surface area contributed by atoms with Gasteiger partial charge in [-0.3, -0.25) is 9.69 Å². The Morgan fingerprint density at radius 3 is 2.27 bits per heavy atom.